The molecule has 88 valence electrons. The molecule has 0 spiro atoms. The average molecular weight is 298 g/mol. The Hall–Kier alpha value is -1.69. The topological polar surface area (TPSA) is 57.8 Å². The molecule has 1 aromatic carbocycles. The van der Waals surface area contributed by atoms with E-state index in [4.69, 9.17) is 0 Å². The number of aromatic nitrogens is 2. The zero-order valence-corrected chi connectivity index (χ0v) is 10.5. The second-order valence-corrected chi connectivity index (χ2v) is 4.38. The fourth-order valence-corrected chi connectivity index (χ4v) is 2.03. The average Bonchev–Trinajstić information content (AvgIpc) is 2.76. The van der Waals surface area contributed by atoms with Gasteiger partial charge in [-0.15, -0.1) is 0 Å². The van der Waals surface area contributed by atoms with Crippen molar-refractivity contribution in [3.8, 4) is 0 Å². The summed E-state index contributed by atoms with van der Waals surface area (Å²) < 4.78 is 14.1. The first kappa shape index (κ1) is 11.8. The molecule has 6 heteroatoms. The predicted molar refractivity (Wildman–Crippen MR) is 65.4 cm³/mol. The molecule has 0 fully saturated rings. The van der Waals surface area contributed by atoms with E-state index in [2.05, 4.69) is 31.4 Å². The van der Waals surface area contributed by atoms with Gasteiger partial charge in [-0.1, -0.05) is 0 Å². The highest BCUT2D eigenvalue weighted by Crippen LogP contribution is 2.27. The lowest BCUT2D eigenvalue weighted by atomic mass is 10.2. The molecule has 1 heterocycles. The molecule has 0 unspecified atom stereocenters. The van der Waals surface area contributed by atoms with E-state index < -0.39 is 11.7 Å². The van der Waals surface area contributed by atoms with E-state index in [-0.39, 0.29) is 11.4 Å². The number of amides is 1. The first-order chi connectivity index (χ1) is 8.08. The van der Waals surface area contributed by atoms with Crippen molar-refractivity contribution < 1.29 is 9.18 Å². The van der Waals surface area contributed by atoms with Gasteiger partial charge in [0.1, 0.15) is 11.5 Å². The van der Waals surface area contributed by atoms with Crippen LogP contribution < -0.4 is 5.32 Å². The Morgan fingerprint density at radius 1 is 1.53 bits per heavy atom. The third-order valence-corrected chi connectivity index (χ3v) is 2.80. The molecular weight excluding hydrogens is 289 g/mol. The SMILES string of the molecule is Cc1cc(F)c(NC(=O)c2ccn[nH]2)c(Br)c1. The normalized spacial score (nSPS) is 10.3. The number of rotatable bonds is 2. The molecule has 2 aromatic rings. The number of nitrogens with one attached hydrogen (secondary N) is 2. The van der Waals surface area contributed by atoms with Crippen LogP contribution in [0.3, 0.4) is 0 Å². The Kier molecular flexibility index (Phi) is 3.23. The highest BCUT2D eigenvalue weighted by molar-refractivity contribution is 9.10. The minimum absolute atomic E-state index is 0.121. The smallest absolute Gasteiger partial charge is 0.273 e. The Morgan fingerprint density at radius 2 is 2.29 bits per heavy atom. The summed E-state index contributed by atoms with van der Waals surface area (Å²) in [5.41, 5.74) is 1.17. The molecule has 0 radical (unpaired) electrons. The lowest BCUT2D eigenvalue weighted by Gasteiger charge is -2.08. The van der Waals surface area contributed by atoms with Crippen molar-refractivity contribution in [3.05, 3.63) is 45.9 Å². The first-order valence-electron chi connectivity index (χ1n) is 4.84. The maximum Gasteiger partial charge on any atom is 0.273 e. The van der Waals surface area contributed by atoms with Gasteiger partial charge >= 0.3 is 0 Å². The van der Waals surface area contributed by atoms with E-state index in [1.54, 1.807) is 13.0 Å². The monoisotopic (exact) mass is 297 g/mol. The highest BCUT2D eigenvalue weighted by Gasteiger charge is 2.13. The van der Waals surface area contributed by atoms with E-state index in [1.165, 1.54) is 18.3 Å². The molecule has 2 N–H and O–H groups in total. The van der Waals surface area contributed by atoms with Crippen LogP contribution in [0, 0.1) is 12.7 Å². The quantitative estimate of drug-likeness (QED) is 0.895. The van der Waals surface area contributed by atoms with E-state index >= 15 is 0 Å². The molecule has 0 aliphatic carbocycles. The molecule has 1 amide bonds. The van der Waals surface area contributed by atoms with E-state index in [9.17, 15) is 9.18 Å². The summed E-state index contributed by atoms with van der Waals surface area (Å²) in [6.45, 7) is 1.77. The molecule has 0 atom stereocenters. The molecular formula is C11H9BrFN3O. The molecule has 0 saturated heterocycles. The van der Waals surface area contributed by atoms with Gasteiger partial charge in [0.2, 0.25) is 0 Å². The minimum Gasteiger partial charge on any atom is -0.317 e. The number of halogens is 2. The fourth-order valence-electron chi connectivity index (χ4n) is 1.38. The number of benzene rings is 1. The molecule has 0 aliphatic rings. The van der Waals surface area contributed by atoms with Crippen molar-refractivity contribution in [2.45, 2.75) is 6.92 Å². The van der Waals surface area contributed by atoms with Crippen LogP contribution in [0.4, 0.5) is 10.1 Å². The molecule has 0 aliphatic heterocycles. The zero-order valence-electron chi connectivity index (χ0n) is 8.92. The fraction of sp³-hybridized carbons (Fsp3) is 0.0909. The Balaban J connectivity index is 2.28. The van der Waals surface area contributed by atoms with Gasteiger partial charge in [-0.05, 0) is 46.6 Å². The minimum atomic E-state index is -0.482. The van der Waals surface area contributed by atoms with Crippen molar-refractivity contribution in [1.82, 2.24) is 10.2 Å². The highest BCUT2D eigenvalue weighted by atomic mass is 79.9. The van der Waals surface area contributed by atoms with E-state index in [0.717, 1.165) is 5.56 Å². The second-order valence-electron chi connectivity index (χ2n) is 3.53. The zero-order chi connectivity index (χ0) is 12.4. The summed E-state index contributed by atoms with van der Waals surface area (Å²) in [5.74, 6) is -0.921. The number of anilines is 1. The van der Waals surface area contributed by atoms with Crippen LogP contribution >= 0.6 is 15.9 Å². The standard InChI is InChI=1S/C11H9BrFN3O/c1-6-4-7(12)10(8(13)5-6)15-11(17)9-2-3-14-16-9/h2-5H,1H3,(H,14,16)(H,15,17). The van der Waals surface area contributed by atoms with Gasteiger partial charge < -0.3 is 5.32 Å². The molecule has 0 bridgehead atoms. The number of nitrogens with zero attached hydrogens (tertiary/aromatic N) is 1. The third kappa shape index (κ3) is 2.52. The van der Waals surface area contributed by atoms with Gasteiger partial charge in [0.25, 0.3) is 5.91 Å². The number of carbonyl (C=O) groups excluding carboxylic acids is 1. The van der Waals surface area contributed by atoms with Gasteiger partial charge in [0.15, 0.2) is 0 Å². The lowest BCUT2D eigenvalue weighted by Crippen LogP contribution is -2.14. The Bertz CT molecular complexity index is 531. The maximum atomic E-state index is 13.6. The van der Waals surface area contributed by atoms with Crippen molar-refractivity contribution >= 4 is 27.5 Å². The number of H-pyrrole nitrogens is 1. The largest absolute Gasteiger partial charge is 0.317 e. The van der Waals surface area contributed by atoms with Crippen molar-refractivity contribution in [3.63, 3.8) is 0 Å². The lowest BCUT2D eigenvalue weighted by molar-refractivity contribution is 0.102. The van der Waals surface area contributed by atoms with E-state index in [0.29, 0.717) is 4.47 Å². The van der Waals surface area contributed by atoms with Crippen molar-refractivity contribution in [2.75, 3.05) is 5.32 Å². The van der Waals surface area contributed by atoms with Crippen LogP contribution in [0.1, 0.15) is 16.1 Å². The van der Waals surface area contributed by atoms with Crippen molar-refractivity contribution in [1.29, 1.82) is 0 Å². The number of hydrogen-bond acceptors (Lipinski definition) is 2. The molecule has 0 saturated carbocycles. The molecule has 17 heavy (non-hydrogen) atoms. The first-order valence-corrected chi connectivity index (χ1v) is 5.63. The number of carbonyl (C=O) groups is 1. The van der Waals surface area contributed by atoms with E-state index in [1.807, 2.05) is 0 Å². The maximum absolute atomic E-state index is 13.6. The summed E-state index contributed by atoms with van der Waals surface area (Å²) >= 11 is 3.21. The van der Waals surface area contributed by atoms with Crippen molar-refractivity contribution in [2.24, 2.45) is 0 Å². The third-order valence-electron chi connectivity index (χ3n) is 2.17. The molecule has 4 nitrogen and oxygen atoms in total. The van der Waals surface area contributed by atoms with Gasteiger partial charge in [-0.25, -0.2) is 4.39 Å². The number of aromatic amines is 1. The van der Waals surface area contributed by atoms with Crippen LogP contribution in [0.25, 0.3) is 0 Å². The number of hydrogen-bond donors (Lipinski definition) is 2. The van der Waals surface area contributed by atoms with Crippen LogP contribution in [0.5, 0.6) is 0 Å². The summed E-state index contributed by atoms with van der Waals surface area (Å²) in [6, 6.07) is 4.59. The van der Waals surface area contributed by atoms with Crippen LogP contribution in [0.15, 0.2) is 28.9 Å². The second kappa shape index (κ2) is 4.67. The van der Waals surface area contributed by atoms with Gasteiger partial charge in [0.05, 0.1) is 5.69 Å². The molecule has 1 aromatic heterocycles. The summed E-state index contributed by atoms with van der Waals surface area (Å²) in [5, 5.41) is 8.64. The number of aryl methyl sites for hydroxylation is 1. The van der Waals surface area contributed by atoms with Crippen LogP contribution in [-0.2, 0) is 0 Å². The Morgan fingerprint density at radius 3 is 2.88 bits per heavy atom. The Labute approximate surface area is 105 Å². The van der Waals surface area contributed by atoms with Gasteiger partial charge in [0, 0.05) is 10.7 Å². The van der Waals surface area contributed by atoms with Crippen LogP contribution in [0.2, 0.25) is 0 Å². The van der Waals surface area contributed by atoms with Gasteiger partial charge in [-0.3, -0.25) is 9.89 Å². The van der Waals surface area contributed by atoms with Gasteiger partial charge in [-0.2, -0.15) is 5.10 Å². The summed E-state index contributed by atoms with van der Waals surface area (Å²) in [4.78, 5) is 11.7. The van der Waals surface area contributed by atoms with Crippen LogP contribution in [-0.4, -0.2) is 16.1 Å². The summed E-state index contributed by atoms with van der Waals surface area (Å²) in [6.07, 6.45) is 1.45. The summed E-state index contributed by atoms with van der Waals surface area (Å²) in [7, 11) is 0. The molecule has 2 rings (SSSR count). The predicted octanol–water partition coefficient (Wildman–Crippen LogP) is 2.87.